The van der Waals surface area contributed by atoms with Crippen LogP contribution < -0.4 is 10.9 Å². The van der Waals surface area contributed by atoms with E-state index in [2.05, 4.69) is 25.7 Å². The summed E-state index contributed by atoms with van der Waals surface area (Å²) in [5.74, 6) is 0.776. The highest BCUT2D eigenvalue weighted by Gasteiger charge is 2.10. The van der Waals surface area contributed by atoms with E-state index in [1.165, 1.54) is 15.6 Å². The molecule has 8 heteroatoms. The lowest BCUT2D eigenvalue weighted by molar-refractivity contribution is 0.595. The summed E-state index contributed by atoms with van der Waals surface area (Å²) in [6.07, 6.45) is 3.22. The monoisotopic (exact) mass is 285 g/mol. The van der Waals surface area contributed by atoms with Crippen LogP contribution in [0.25, 0.3) is 11.0 Å². The SMILES string of the molecule is CCNc1cc(Cn2nnc3c(cnn3C)c2=O)ccn1. The lowest BCUT2D eigenvalue weighted by Crippen LogP contribution is -2.24. The highest BCUT2D eigenvalue weighted by Crippen LogP contribution is 2.08. The molecular weight excluding hydrogens is 270 g/mol. The van der Waals surface area contributed by atoms with Gasteiger partial charge in [0.15, 0.2) is 5.65 Å². The van der Waals surface area contributed by atoms with Crippen LogP contribution in [0.5, 0.6) is 0 Å². The topological polar surface area (TPSA) is 90.5 Å². The standard InChI is InChI=1S/C13H15N7O/c1-3-14-11-6-9(4-5-15-11)8-20-13(21)10-7-16-19(2)12(10)17-18-20/h4-7H,3,8H2,1-2H3,(H,14,15). The molecule has 0 unspecified atom stereocenters. The summed E-state index contributed by atoms with van der Waals surface area (Å²) in [5, 5.41) is 15.6. The van der Waals surface area contributed by atoms with Gasteiger partial charge in [-0.05, 0) is 24.6 Å². The van der Waals surface area contributed by atoms with E-state index in [-0.39, 0.29) is 5.56 Å². The minimum Gasteiger partial charge on any atom is -0.370 e. The lowest BCUT2D eigenvalue weighted by Gasteiger charge is -2.06. The summed E-state index contributed by atoms with van der Waals surface area (Å²) in [6, 6.07) is 3.74. The van der Waals surface area contributed by atoms with Crippen molar-refractivity contribution in [1.29, 1.82) is 0 Å². The van der Waals surface area contributed by atoms with Crippen molar-refractivity contribution in [3.63, 3.8) is 0 Å². The number of rotatable bonds is 4. The number of fused-ring (bicyclic) bond motifs is 1. The van der Waals surface area contributed by atoms with Gasteiger partial charge in [-0.3, -0.25) is 4.79 Å². The van der Waals surface area contributed by atoms with Crippen molar-refractivity contribution in [2.45, 2.75) is 13.5 Å². The fraction of sp³-hybridized carbons (Fsp3) is 0.308. The summed E-state index contributed by atoms with van der Waals surface area (Å²) in [7, 11) is 1.73. The fourth-order valence-electron chi connectivity index (χ4n) is 2.10. The Labute approximate surface area is 120 Å². The molecule has 3 aromatic rings. The average Bonchev–Trinajstić information content (AvgIpc) is 2.85. The van der Waals surface area contributed by atoms with Crippen molar-refractivity contribution in [3.8, 4) is 0 Å². The first-order valence-electron chi connectivity index (χ1n) is 6.63. The number of anilines is 1. The summed E-state index contributed by atoms with van der Waals surface area (Å²) < 4.78 is 2.86. The number of aromatic nitrogens is 6. The van der Waals surface area contributed by atoms with Crippen LogP contribution in [-0.4, -0.2) is 36.3 Å². The molecule has 3 aromatic heterocycles. The zero-order valence-electron chi connectivity index (χ0n) is 11.8. The molecule has 0 radical (unpaired) electrons. The molecule has 0 saturated heterocycles. The van der Waals surface area contributed by atoms with Crippen molar-refractivity contribution < 1.29 is 0 Å². The van der Waals surface area contributed by atoms with E-state index in [0.717, 1.165) is 17.9 Å². The van der Waals surface area contributed by atoms with Gasteiger partial charge in [0.2, 0.25) is 0 Å². The summed E-state index contributed by atoms with van der Waals surface area (Å²) in [6.45, 7) is 3.14. The number of hydrogen-bond donors (Lipinski definition) is 1. The zero-order valence-corrected chi connectivity index (χ0v) is 11.8. The first-order chi connectivity index (χ1) is 10.2. The number of aryl methyl sites for hydroxylation is 1. The minimum absolute atomic E-state index is 0.199. The largest absolute Gasteiger partial charge is 0.370 e. The molecule has 0 aliphatic rings. The Kier molecular flexibility index (Phi) is 3.35. The van der Waals surface area contributed by atoms with Crippen molar-refractivity contribution >= 4 is 16.9 Å². The van der Waals surface area contributed by atoms with E-state index in [0.29, 0.717) is 17.6 Å². The van der Waals surface area contributed by atoms with Gasteiger partial charge < -0.3 is 5.32 Å². The maximum atomic E-state index is 12.3. The molecule has 108 valence electrons. The number of nitrogens with one attached hydrogen (secondary N) is 1. The third-order valence-corrected chi connectivity index (χ3v) is 3.13. The molecule has 3 heterocycles. The second kappa shape index (κ2) is 5.31. The molecule has 8 nitrogen and oxygen atoms in total. The van der Waals surface area contributed by atoms with Gasteiger partial charge in [-0.25, -0.2) is 14.3 Å². The Balaban J connectivity index is 1.96. The highest BCUT2D eigenvalue weighted by atomic mass is 16.1. The van der Waals surface area contributed by atoms with Crippen molar-refractivity contribution in [3.05, 3.63) is 40.4 Å². The smallest absolute Gasteiger partial charge is 0.281 e. The third-order valence-electron chi connectivity index (χ3n) is 3.13. The Hall–Kier alpha value is -2.77. The molecule has 0 spiro atoms. The van der Waals surface area contributed by atoms with Crippen molar-refractivity contribution in [2.24, 2.45) is 7.05 Å². The molecule has 0 fully saturated rings. The van der Waals surface area contributed by atoms with E-state index in [4.69, 9.17) is 0 Å². The summed E-state index contributed by atoms with van der Waals surface area (Å²) in [4.78, 5) is 16.5. The van der Waals surface area contributed by atoms with Gasteiger partial charge >= 0.3 is 0 Å². The van der Waals surface area contributed by atoms with Crippen LogP contribution >= 0.6 is 0 Å². The Morgan fingerprint density at radius 3 is 3.05 bits per heavy atom. The molecule has 0 bridgehead atoms. The third kappa shape index (κ3) is 2.47. The quantitative estimate of drug-likeness (QED) is 0.746. The average molecular weight is 285 g/mol. The molecule has 0 aliphatic heterocycles. The van der Waals surface area contributed by atoms with Gasteiger partial charge in [0.05, 0.1) is 12.7 Å². The minimum atomic E-state index is -0.199. The number of hydrogen-bond acceptors (Lipinski definition) is 6. The molecule has 0 aliphatic carbocycles. The van der Waals surface area contributed by atoms with E-state index in [9.17, 15) is 4.79 Å². The maximum absolute atomic E-state index is 12.3. The molecule has 21 heavy (non-hydrogen) atoms. The Bertz CT molecular complexity index is 836. The summed E-state index contributed by atoms with van der Waals surface area (Å²) >= 11 is 0. The number of pyridine rings is 1. The molecular formula is C13H15N7O. The van der Waals surface area contributed by atoms with Crippen LogP contribution in [-0.2, 0) is 13.6 Å². The zero-order chi connectivity index (χ0) is 14.8. The van der Waals surface area contributed by atoms with E-state index in [1.807, 2.05) is 19.1 Å². The second-order valence-electron chi connectivity index (χ2n) is 4.64. The Morgan fingerprint density at radius 2 is 2.24 bits per heavy atom. The fourth-order valence-corrected chi connectivity index (χ4v) is 2.10. The van der Waals surface area contributed by atoms with Gasteiger partial charge in [0, 0.05) is 19.8 Å². The van der Waals surface area contributed by atoms with E-state index in [1.54, 1.807) is 13.2 Å². The van der Waals surface area contributed by atoms with E-state index >= 15 is 0 Å². The first-order valence-corrected chi connectivity index (χ1v) is 6.63. The number of nitrogens with zero attached hydrogens (tertiary/aromatic N) is 6. The Morgan fingerprint density at radius 1 is 1.38 bits per heavy atom. The molecule has 0 aromatic carbocycles. The van der Waals surface area contributed by atoms with E-state index < -0.39 is 0 Å². The van der Waals surface area contributed by atoms with Gasteiger partial charge in [-0.2, -0.15) is 5.10 Å². The highest BCUT2D eigenvalue weighted by molar-refractivity contribution is 5.72. The van der Waals surface area contributed by atoms with Crippen LogP contribution in [0, 0.1) is 0 Å². The summed E-state index contributed by atoms with van der Waals surface area (Å²) in [5.41, 5.74) is 1.22. The van der Waals surface area contributed by atoms with Crippen LogP contribution in [0.2, 0.25) is 0 Å². The second-order valence-corrected chi connectivity index (χ2v) is 4.64. The van der Waals surface area contributed by atoms with Gasteiger partial charge in [0.25, 0.3) is 5.56 Å². The van der Waals surface area contributed by atoms with Gasteiger partial charge in [-0.15, -0.1) is 5.10 Å². The molecule has 0 atom stereocenters. The maximum Gasteiger partial charge on any atom is 0.281 e. The molecule has 0 saturated carbocycles. The van der Waals surface area contributed by atoms with Crippen LogP contribution in [0.15, 0.2) is 29.3 Å². The molecule has 0 amide bonds. The van der Waals surface area contributed by atoms with Crippen LogP contribution in [0.4, 0.5) is 5.82 Å². The predicted octanol–water partition coefficient (Wildman–Crippen LogP) is 0.400. The first kappa shape index (κ1) is 13.2. The molecule has 1 N–H and O–H groups in total. The molecule has 3 rings (SSSR count). The van der Waals surface area contributed by atoms with Gasteiger partial charge in [0.1, 0.15) is 11.2 Å². The van der Waals surface area contributed by atoms with Crippen LogP contribution in [0.3, 0.4) is 0 Å². The normalized spacial score (nSPS) is 11.0. The van der Waals surface area contributed by atoms with Crippen molar-refractivity contribution in [1.82, 2.24) is 29.8 Å². The predicted molar refractivity (Wildman–Crippen MR) is 78.1 cm³/mol. The van der Waals surface area contributed by atoms with Crippen molar-refractivity contribution in [2.75, 3.05) is 11.9 Å². The lowest BCUT2D eigenvalue weighted by atomic mass is 10.2. The van der Waals surface area contributed by atoms with Crippen LogP contribution in [0.1, 0.15) is 12.5 Å². The van der Waals surface area contributed by atoms with Gasteiger partial charge in [-0.1, -0.05) is 5.21 Å².